The van der Waals surface area contributed by atoms with Gasteiger partial charge in [-0.05, 0) is 54.5 Å². The number of nitrogens with two attached hydrogens (primary N) is 1. The van der Waals surface area contributed by atoms with E-state index in [1.165, 1.54) is 42.9 Å². The number of anilines is 2. The van der Waals surface area contributed by atoms with Crippen LogP contribution in [0.25, 0.3) is 0 Å². The maximum absolute atomic E-state index is 5.88. The van der Waals surface area contributed by atoms with Crippen LogP contribution in [0.2, 0.25) is 0 Å². The fourth-order valence-corrected chi connectivity index (χ4v) is 4.09. The molecule has 2 atom stereocenters. The van der Waals surface area contributed by atoms with Crippen LogP contribution in [0.3, 0.4) is 0 Å². The SMILES string of the molecule is Cc1cc(N)ccc1N1CCN(CC2CC2c2ccccc2)CC1. The van der Waals surface area contributed by atoms with Crippen LogP contribution in [-0.4, -0.2) is 37.6 Å². The van der Waals surface area contributed by atoms with Gasteiger partial charge in [0, 0.05) is 44.1 Å². The molecule has 0 aromatic heterocycles. The topological polar surface area (TPSA) is 32.5 Å². The summed E-state index contributed by atoms with van der Waals surface area (Å²) >= 11 is 0. The minimum Gasteiger partial charge on any atom is -0.399 e. The average molecular weight is 321 g/mol. The standard InChI is InChI=1S/C21H27N3/c1-16-13-19(22)7-8-21(16)24-11-9-23(10-12-24)15-18-14-20(18)17-5-3-2-4-6-17/h2-8,13,18,20H,9-12,14-15,22H2,1H3. The Morgan fingerprint density at radius 2 is 1.75 bits per heavy atom. The van der Waals surface area contributed by atoms with Gasteiger partial charge >= 0.3 is 0 Å². The second kappa shape index (κ2) is 6.48. The van der Waals surface area contributed by atoms with Gasteiger partial charge < -0.3 is 10.6 Å². The Balaban J connectivity index is 1.29. The van der Waals surface area contributed by atoms with Crippen LogP contribution in [0.15, 0.2) is 48.5 Å². The zero-order valence-electron chi connectivity index (χ0n) is 14.5. The lowest BCUT2D eigenvalue weighted by atomic mass is 10.1. The van der Waals surface area contributed by atoms with Gasteiger partial charge in [-0.1, -0.05) is 30.3 Å². The highest BCUT2D eigenvalue weighted by Gasteiger charge is 2.39. The summed E-state index contributed by atoms with van der Waals surface area (Å²) in [4.78, 5) is 5.16. The molecule has 2 fully saturated rings. The number of nitrogen functional groups attached to an aromatic ring is 1. The van der Waals surface area contributed by atoms with E-state index in [-0.39, 0.29) is 0 Å². The number of hydrogen-bond donors (Lipinski definition) is 1. The number of piperazine rings is 1. The van der Waals surface area contributed by atoms with Crippen LogP contribution >= 0.6 is 0 Å². The first-order valence-corrected chi connectivity index (χ1v) is 9.09. The summed E-state index contributed by atoms with van der Waals surface area (Å²) in [7, 11) is 0. The molecule has 24 heavy (non-hydrogen) atoms. The number of hydrogen-bond acceptors (Lipinski definition) is 3. The van der Waals surface area contributed by atoms with Crippen LogP contribution in [0.1, 0.15) is 23.5 Å². The molecule has 1 aliphatic carbocycles. The summed E-state index contributed by atoms with van der Waals surface area (Å²) in [6.07, 6.45) is 1.36. The van der Waals surface area contributed by atoms with Gasteiger partial charge in [-0.15, -0.1) is 0 Å². The van der Waals surface area contributed by atoms with Crippen molar-refractivity contribution in [1.82, 2.24) is 4.90 Å². The molecule has 0 bridgehead atoms. The third kappa shape index (κ3) is 3.27. The van der Waals surface area contributed by atoms with Crippen molar-refractivity contribution in [1.29, 1.82) is 0 Å². The molecule has 3 nitrogen and oxygen atoms in total. The zero-order valence-corrected chi connectivity index (χ0v) is 14.5. The van der Waals surface area contributed by atoms with E-state index in [4.69, 9.17) is 5.73 Å². The van der Waals surface area contributed by atoms with Gasteiger partial charge in [0.1, 0.15) is 0 Å². The summed E-state index contributed by atoms with van der Waals surface area (Å²) in [6, 6.07) is 17.3. The molecule has 3 heteroatoms. The molecule has 0 radical (unpaired) electrons. The molecule has 2 aliphatic rings. The molecular formula is C21H27N3. The highest BCUT2D eigenvalue weighted by molar-refractivity contribution is 5.59. The Labute approximate surface area is 145 Å². The van der Waals surface area contributed by atoms with E-state index in [1.54, 1.807) is 0 Å². The van der Waals surface area contributed by atoms with Crippen LogP contribution in [-0.2, 0) is 0 Å². The fourth-order valence-electron chi connectivity index (χ4n) is 4.09. The summed E-state index contributed by atoms with van der Waals surface area (Å²) < 4.78 is 0. The van der Waals surface area contributed by atoms with Crippen molar-refractivity contribution in [2.24, 2.45) is 5.92 Å². The molecule has 2 aromatic rings. The lowest BCUT2D eigenvalue weighted by Crippen LogP contribution is -2.47. The fraction of sp³-hybridized carbons (Fsp3) is 0.429. The Bertz CT molecular complexity index is 689. The van der Waals surface area contributed by atoms with Crippen LogP contribution in [0.5, 0.6) is 0 Å². The molecule has 1 saturated heterocycles. The van der Waals surface area contributed by atoms with E-state index < -0.39 is 0 Å². The highest BCUT2D eigenvalue weighted by atomic mass is 15.3. The Kier molecular flexibility index (Phi) is 4.19. The van der Waals surface area contributed by atoms with Gasteiger partial charge in [-0.2, -0.15) is 0 Å². The molecule has 1 heterocycles. The number of benzene rings is 2. The van der Waals surface area contributed by atoms with E-state index in [1.807, 2.05) is 6.07 Å². The van der Waals surface area contributed by atoms with Crippen LogP contribution in [0, 0.1) is 12.8 Å². The molecule has 0 amide bonds. The summed E-state index contributed by atoms with van der Waals surface area (Å²) in [5.41, 5.74) is 10.9. The Morgan fingerprint density at radius 3 is 2.46 bits per heavy atom. The van der Waals surface area contributed by atoms with Crippen molar-refractivity contribution in [3.63, 3.8) is 0 Å². The van der Waals surface area contributed by atoms with E-state index in [0.29, 0.717) is 0 Å². The van der Waals surface area contributed by atoms with Crippen LogP contribution < -0.4 is 10.6 Å². The monoisotopic (exact) mass is 321 g/mol. The normalized spacial score (nSPS) is 24.1. The van der Waals surface area contributed by atoms with Crippen molar-refractivity contribution in [3.8, 4) is 0 Å². The van der Waals surface area contributed by atoms with E-state index in [9.17, 15) is 0 Å². The minimum absolute atomic E-state index is 0.795. The van der Waals surface area contributed by atoms with Crippen LogP contribution in [0.4, 0.5) is 11.4 Å². The van der Waals surface area contributed by atoms with E-state index >= 15 is 0 Å². The van der Waals surface area contributed by atoms with Crippen molar-refractivity contribution < 1.29 is 0 Å². The van der Waals surface area contributed by atoms with Gasteiger partial charge in [0.05, 0.1) is 0 Å². The first kappa shape index (κ1) is 15.5. The minimum atomic E-state index is 0.795. The number of nitrogens with zero attached hydrogens (tertiary/aromatic N) is 2. The first-order valence-electron chi connectivity index (χ1n) is 9.09. The molecule has 1 saturated carbocycles. The predicted molar refractivity (Wildman–Crippen MR) is 102 cm³/mol. The Morgan fingerprint density at radius 1 is 1.00 bits per heavy atom. The molecular weight excluding hydrogens is 294 g/mol. The van der Waals surface area contributed by atoms with Gasteiger partial charge in [0.25, 0.3) is 0 Å². The third-order valence-corrected chi connectivity index (χ3v) is 5.58. The molecule has 2 unspecified atom stereocenters. The third-order valence-electron chi connectivity index (χ3n) is 5.58. The second-order valence-electron chi connectivity index (χ2n) is 7.35. The molecule has 1 aliphatic heterocycles. The van der Waals surface area contributed by atoms with E-state index in [2.05, 4.69) is 59.2 Å². The maximum Gasteiger partial charge on any atom is 0.0398 e. The zero-order chi connectivity index (χ0) is 16.5. The van der Waals surface area contributed by atoms with Gasteiger partial charge in [-0.25, -0.2) is 0 Å². The highest BCUT2D eigenvalue weighted by Crippen LogP contribution is 2.47. The molecule has 126 valence electrons. The quantitative estimate of drug-likeness (QED) is 0.875. The summed E-state index contributed by atoms with van der Waals surface area (Å²) in [5, 5.41) is 0. The average Bonchev–Trinajstić information content (AvgIpc) is 3.36. The van der Waals surface area contributed by atoms with Gasteiger partial charge in [0.15, 0.2) is 0 Å². The van der Waals surface area contributed by atoms with Gasteiger partial charge in [-0.3, -0.25) is 4.90 Å². The largest absolute Gasteiger partial charge is 0.399 e. The lowest BCUT2D eigenvalue weighted by Gasteiger charge is -2.37. The van der Waals surface area contributed by atoms with E-state index in [0.717, 1.165) is 30.6 Å². The molecule has 2 aromatic carbocycles. The number of aryl methyl sites for hydroxylation is 1. The van der Waals surface area contributed by atoms with Gasteiger partial charge in [0.2, 0.25) is 0 Å². The Hall–Kier alpha value is -2.00. The predicted octanol–water partition coefficient (Wildman–Crippen LogP) is 3.50. The second-order valence-corrected chi connectivity index (χ2v) is 7.35. The van der Waals surface area contributed by atoms with Crippen molar-refractivity contribution in [2.45, 2.75) is 19.3 Å². The first-order chi connectivity index (χ1) is 11.7. The van der Waals surface area contributed by atoms with Crippen molar-refractivity contribution in [2.75, 3.05) is 43.4 Å². The van der Waals surface area contributed by atoms with Crippen molar-refractivity contribution >= 4 is 11.4 Å². The molecule has 2 N–H and O–H groups in total. The molecule has 0 spiro atoms. The maximum atomic E-state index is 5.88. The summed E-state index contributed by atoms with van der Waals surface area (Å²) in [6.45, 7) is 7.99. The molecule has 4 rings (SSSR count). The summed E-state index contributed by atoms with van der Waals surface area (Å²) in [5.74, 6) is 1.65. The lowest BCUT2D eigenvalue weighted by molar-refractivity contribution is 0.246. The smallest absolute Gasteiger partial charge is 0.0398 e. The number of rotatable bonds is 4. The van der Waals surface area contributed by atoms with Crippen molar-refractivity contribution in [3.05, 3.63) is 59.7 Å².